The lowest BCUT2D eigenvalue weighted by molar-refractivity contribution is -0.115. The van der Waals surface area contributed by atoms with Crippen LogP contribution in [0.1, 0.15) is 27.7 Å². The van der Waals surface area contributed by atoms with E-state index in [0.29, 0.717) is 18.1 Å². The lowest BCUT2D eigenvalue weighted by Gasteiger charge is -2.14. The number of hydrogen-bond donors (Lipinski definition) is 3. The lowest BCUT2D eigenvalue weighted by Crippen LogP contribution is -2.12. The zero-order valence-electron chi connectivity index (χ0n) is 15.9. The highest BCUT2D eigenvalue weighted by Crippen LogP contribution is 2.39. The number of amides is 2. The largest absolute Gasteiger partial charge is 0.477 e. The quantitative estimate of drug-likeness (QED) is 0.551. The van der Waals surface area contributed by atoms with Gasteiger partial charge < -0.3 is 25.8 Å². The minimum atomic E-state index is -0.316. The summed E-state index contributed by atoms with van der Waals surface area (Å²) < 4.78 is 11.1. The van der Waals surface area contributed by atoms with Gasteiger partial charge in [0.1, 0.15) is 16.5 Å². The van der Waals surface area contributed by atoms with Crippen LogP contribution in [0.15, 0.2) is 16.1 Å². The number of hydrogen-bond acceptors (Lipinski definition) is 10. The molecule has 2 aromatic rings. The van der Waals surface area contributed by atoms with Crippen molar-refractivity contribution in [3.63, 3.8) is 0 Å². The first kappa shape index (κ1) is 21.2. The zero-order chi connectivity index (χ0) is 20.7. The molecule has 11 nitrogen and oxygen atoms in total. The fourth-order valence-corrected chi connectivity index (χ4v) is 2.89. The standard InChI is InChI=1S/C16H21N7O4S/c1-5-26-13-12(14(27-6-2)23-15(17)22-13)28-16-20-10(18-8(3)24)7-11(21-16)19-9(4)25/h7H,5-6H2,1-4H3,(H2,17,22,23)(H2,18,19,20,21,24,25). The Labute approximate surface area is 165 Å². The number of rotatable bonds is 8. The van der Waals surface area contributed by atoms with E-state index >= 15 is 0 Å². The van der Waals surface area contributed by atoms with Crippen LogP contribution >= 0.6 is 11.8 Å². The van der Waals surface area contributed by atoms with Gasteiger partial charge in [-0.1, -0.05) is 0 Å². The molecule has 0 radical (unpaired) electrons. The predicted octanol–water partition coefficient (Wildman–Crippen LogP) is 1.71. The third kappa shape index (κ3) is 5.94. The molecule has 150 valence electrons. The molecule has 2 heterocycles. The van der Waals surface area contributed by atoms with Gasteiger partial charge in [0.15, 0.2) is 5.16 Å². The van der Waals surface area contributed by atoms with E-state index in [2.05, 4.69) is 30.6 Å². The fourth-order valence-electron chi connectivity index (χ4n) is 2.03. The molecular formula is C16H21N7O4S. The molecule has 2 aromatic heterocycles. The van der Waals surface area contributed by atoms with E-state index in [9.17, 15) is 9.59 Å². The van der Waals surface area contributed by atoms with Gasteiger partial charge in [0.2, 0.25) is 29.5 Å². The molecule has 0 aliphatic carbocycles. The van der Waals surface area contributed by atoms with Crippen molar-refractivity contribution in [1.29, 1.82) is 0 Å². The summed E-state index contributed by atoms with van der Waals surface area (Å²) in [6.07, 6.45) is 0. The molecule has 0 aliphatic heterocycles. The number of carbonyl (C=O) groups excluding carboxylic acids is 2. The number of nitrogens with one attached hydrogen (secondary N) is 2. The van der Waals surface area contributed by atoms with Gasteiger partial charge in [-0.3, -0.25) is 9.59 Å². The van der Waals surface area contributed by atoms with Crippen molar-refractivity contribution in [1.82, 2.24) is 19.9 Å². The highest BCUT2D eigenvalue weighted by Gasteiger charge is 2.20. The Balaban J connectivity index is 2.50. The van der Waals surface area contributed by atoms with E-state index in [0.717, 1.165) is 11.8 Å². The average Bonchev–Trinajstić information content (AvgIpc) is 2.57. The number of anilines is 3. The summed E-state index contributed by atoms with van der Waals surface area (Å²) in [5, 5.41) is 5.34. The first-order chi connectivity index (χ1) is 13.3. The first-order valence-electron chi connectivity index (χ1n) is 8.37. The van der Waals surface area contributed by atoms with Gasteiger partial charge in [-0.15, -0.1) is 0 Å². The van der Waals surface area contributed by atoms with Crippen LogP contribution in [-0.2, 0) is 9.59 Å². The fraction of sp³-hybridized carbons (Fsp3) is 0.375. The topological polar surface area (TPSA) is 154 Å². The Morgan fingerprint density at radius 1 is 0.964 bits per heavy atom. The van der Waals surface area contributed by atoms with Crippen LogP contribution < -0.4 is 25.8 Å². The van der Waals surface area contributed by atoms with Gasteiger partial charge in [-0.05, 0) is 25.6 Å². The van der Waals surface area contributed by atoms with Crippen molar-refractivity contribution in [3.05, 3.63) is 6.07 Å². The van der Waals surface area contributed by atoms with E-state index in [1.54, 1.807) is 13.8 Å². The van der Waals surface area contributed by atoms with E-state index in [1.807, 2.05) is 0 Å². The third-order valence-corrected chi connectivity index (χ3v) is 3.81. The Morgan fingerprint density at radius 3 is 1.82 bits per heavy atom. The zero-order valence-corrected chi connectivity index (χ0v) is 16.7. The normalized spacial score (nSPS) is 10.3. The van der Waals surface area contributed by atoms with Crippen LogP contribution in [0.5, 0.6) is 11.8 Å². The molecule has 0 unspecified atom stereocenters. The van der Waals surface area contributed by atoms with E-state index in [1.165, 1.54) is 19.9 Å². The summed E-state index contributed by atoms with van der Waals surface area (Å²) in [6.45, 7) is 6.99. The first-order valence-corrected chi connectivity index (χ1v) is 9.19. The number of carbonyl (C=O) groups is 2. The average molecular weight is 407 g/mol. The number of nitrogens with two attached hydrogens (primary N) is 1. The number of nitrogen functional groups attached to an aromatic ring is 1. The second-order valence-electron chi connectivity index (χ2n) is 5.27. The van der Waals surface area contributed by atoms with Gasteiger partial charge in [0.25, 0.3) is 0 Å². The maximum atomic E-state index is 11.4. The summed E-state index contributed by atoms with van der Waals surface area (Å²) in [4.78, 5) is 39.9. The number of ether oxygens (including phenoxy) is 2. The van der Waals surface area contributed by atoms with Crippen molar-refractivity contribution in [2.24, 2.45) is 0 Å². The van der Waals surface area contributed by atoms with E-state index in [4.69, 9.17) is 15.2 Å². The monoisotopic (exact) mass is 407 g/mol. The van der Waals surface area contributed by atoms with Gasteiger partial charge in [-0.2, -0.15) is 9.97 Å². The summed E-state index contributed by atoms with van der Waals surface area (Å²) in [5.41, 5.74) is 5.72. The molecule has 0 spiro atoms. The molecule has 0 aliphatic rings. The maximum Gasteiger partial charge on any atom is 0.236 e. The minimum absolute atomic E-state index is 0.00287. The summed E-state index contributed by atoms with van der Waals surface area (Å²) in [6, 6.07) is 1.44. The summed E-state index contributed by atoms with van der Waals surface area (Å²) in [7, 11) is 0. The maximum absolute atomic E-state index is 11.4. The Hall–Kier alpha value is -3.15. The van der Waals surface area contributed by atoms with Crippen LogP contribution in [0.3, 0.4) is 0 Å². The van der Waals surface area contributed by atoms with Crippen molar-refractivity contribution in [2.45, 2.75) is 37.7 Å². The molecule has 12 heteroatoms. The van der Waals surface area contributed by atoms with Gasteiger partial charge in [-0.25, -0.2) is 9.97 Å². The molecule has 28 heavy (non-hydrogen) atoms. The van der Waals surface area contributed by atoms with Crippen molar-refractivity contribution in [3.8, 4) is 11.8 Å². The third-order valence-electron chi connectivity index (χ3n) is 2.89. The highest BCUT2D eigenvalue weighted by molar-refractivity contribution is 7.99. The van der Waals surface area contributed by atoms with Gasteiger partial charge in [0.05, 0.1) is 13.2 Å². The van der Waals surface area contributed by atoms with E-state index < -0.39 is 0 Å². The second kappa shape index (κ2) is 9.69. The predicted molar refractivity (Wildman–Crippen MR) is 104 cm³/mol. The van der Waals surface area contributed by atoms with Crippen molar-refractivity contribution >= 4 is 41.2 Å². The smallest absolute Gasteiger partial charge is 0.236 e. The van der Waals surface area contributed by atoms with Crippen LogP contribution in [0.4, 0.5) is 17.6 Å². The molecule has 0 fully saturated rings. The molecule has 4 N–H and O–H groups in total. The van der Waals surface area contributed by atoms with E-state index in [-0.39, 0.29) is 46.3 Å². The lowest BCUT2D eigenvalue weighted by atomic mass is 10.5. The summed E-state index contributed by atoms with van der Waals surface area (Å²) in [5.74, 6) is 0.259. The Kier molecular flexibility index (Phi) is 7.32. The Bertz CT molecular complexity index is 817. The highest BCUT2D eigenvalue weighted by atomic mass is 32.2. The molecule has 2 rings (SSSR count). The number of nitrogens with zero attached hydrogens (tertiary/aromatic N) is 4. The van der Waals surface area contributed by atoms with Crippen LogP contribution in [0, 0.1) is 0 Å². The molecule has 0 saturated carbocycles. The van der Waals surface area contributed by atoms with Crippen molar-refractivity contribution < 1.29 is 19.1 Å². The second-order valence-corrected chi connectivity index (χ2v) is 6.25. The summed E-state index contributed by atoms with van der Waals surface area (Å²) >= 11 is 1.06. The minimum Gasteiger partial charge on any atom is -0.477 e. The SMILES string of the molecule is CCOc1nc(N)nc(OCC)c1Sc1nc(NC(C)=O)cc(NC(C)=O)n1. The Morgan fingerprint density at radius 2 is 1.43 bits per heavy atom. The number of aromatic nitrogens is 4. The molecule has 0 aromatic carbocycles. The molecule has 0 saturated heterocycles. The van der Waals surface area contributed by atoms with Crippen LogP contribution in [0.25, 0.3) is 0 Å². The van der Waals surface area contributed by atoms with Crippen LogP contribution in [0.2, 0.25) is 0 Å². The van der Waals surface area contributed by atoms with Crippen LogP contribution in [-0.4, -0.2) is 45.0 Å². The van der Waals surface area contributed by atoms with Gasteiger partial charge in [0, 0.05) is 19.9 Å². The van der Waals surface area contributed by atoms with Gasteiger partial charge >= 0.3 is 0 Å². The van der Waals surface area contributed by atoms with Crippen molar-refractivity contribution in [2.75, 3.05) is 29.6 Å². The molecule has 2 amide bonds. The molecule has 0 atom stereocenters. The molecule has 0 bridgehead atoms. The molecular weight excluding hydrogens is 386 g/mol.